The van der Waals surface area contributed by atoms with Crippen LogP contribution in [-0.4, -0.2) is 82.6 Å². The number of nitrogens with two attached hydrogens (primary N) is 1. The van der Waals surface area contributed by atoms with E-state index in [2.05, 4.69) is 0 Å². The first kappa shape index (κ1) is 25.5. The molecule has 0 aromatic heterocycles. The number of carbonyl (C=O) groups is 3. The number of Topliss-reactive ketones (excluding diaryl/α,β-unsaturated/α-hetero) is 2. The van der Waals surface area contributed by atoms with Gasteiger partial charge in [-0.2, -0.15) is 0 Å². The zero-order valence-electron chi connectivity index (χ0n) is 20.2. The number of ketones is 2. The van der Waals surface area contributed by atoms with Crippen LogP contribution >= 0.6 is 0 Å². The molecule has 10 nitrogen and oxygen atoms in total. The van der Waals surface area contributed by atoms with Gasteiger partial charge in [0.25, 0.3) is 5.91 Å². The van der Waals surface area contributed by atoms with Gasteiger partial charge < -0.3 is 43.5 Å². The number of halogens is 1. The second kappa shape index (κ2) is 8.30. The van der Waals surface area contributed by atoms with E-state index < -0.39 is 58.0 Å². The van der Waals surface area contributed by atoms with Gasteiger partial charge in [-0.25, -0.2) is 0 Å². The molecule has 0 spiro atoms. The Morgan fingerprint density at radius 2 is 1.76 bits per heavy atom. The Bertz CT molecular complexity index is 1180. The van der Waals surface area contributed by atoms with Crippen molar-refractivity contribution in [2.24, 2.45) is 17.6 Å². The van der Waals surface area contributed by atoms with Crippen LogP contribution in [0.5, 0.6) is 5.75 Å². The number of likely N-dealkylation sites (N-methyl/N-ethyl adjacent to an activating group) is 1. The molecule has 184 valence electrons. The summed E-state index contributed by atoms with van der Waals surface area (Å²) in [7, 11) is 6.75. The van der Waals surface area contributed by atoms with Gasteiger partial charge in [-0.15, -0.1) is 0 Å². The average Bonchev–Trinajstić information content (AvgIpc) is 2.70. The molecular weight excluding hydrogens is 466 g/mol. The first-order valence-electron chi connectivity index (χ1n) is 10.5. The van der Waals surface area contributed by atoms with Crippen LogP contribution in [0.25, 0.3) is 5.76 Å². The number of amides is 1. The fourth-order valence-electron chi connectivity index (χ4n) is 5.65. The maximum Gasteiger partial charge on any atom is 1.00 e. The van der Waals surface area contributed by atoms with Crippen LogP contribution in [0.15, 0.2) is 29.0 Å². The second-order valence-corrected chi connectivity index (χ2v) is 9.31. The van der Waals surface area contributed by atoms with E-state index in [1.165, 1.54) is 11.0 Å². The average molecular weight is 494 g/mol. The number of fused-ring (bicyclic) bond motifs is 3. The van der Waals surface area contributed by atoms with Crippen LogP contribution in [0.4, 0.5) is 5.69 Å². The Labute approximate surface area is 203 Å². The Kier molecular flexibility index (Phi) is 6.23. The predicted molar refractivity (Wildman–Crippen MR) is 120 cm³/mol. The van der Waals surface area contributed by atoms with Crippen LogP contribution < -0.4 is 23.0 Å². The lowest BCUT2D eigenvalue weighted by Crippen LogP contribution is -3.00. The number of phenolic OH excluding ortho intramolecular Hbond substituents is 1. The third kappa shape index (κ3) is 3.20. The second-order valence-electron chi connectivity index (χ2n) is 9.31. The molecule has 0 aliphatic heterocycles. The lowest BCUT2D eigenvalue weighted by atomic mass is 9.57. The summed E-state index contributed by atoms with van der Waals surface area (Å²) in [6.07, 6.45) is 0.324. The van der Waals surface area contributed by atoms with Crippen molar-refractivity contribution in [2.45, 2.75) is 24.5 Å². The van der Waals surface area contributed by atoms with E-state index in [4.69, 9.17) is 5.73 Å². The molecule has 0 heterocycles. The van der Waals surface area contributed by atoms with Gasteiger partial charge in [0.15, 0.2) is 11.4 Å². The minimum atomic E-state index is -2.63. The number of nitrogens with zero attached hydrogens (tertiary/aromatic N) is 2. The number of aromatic hydroxyl groups is 1. The van der Waals surface area contributed by atoms with E-state index in [0.717, 1.165) is 5.69 Å². The highest BCUT2D eigenvalue weighted by atomic mass is 35.5. The van der Waals surface area contributed by atoms with Gasteiger partial charge in [0.1, 0.15) is 22.8 Å². The van der Waals surface area contributed by atoms with Crippen molar-refractivity contribution in [1.29, 1.82) is 0 Å². The molecule has 1 fully saturated rings. The topological polar surface area (TPSA) is 165 Å². The van der Waals surface area contributed by atoms with Gasteiger partial charge in [-0.1, -0.05) is 0 Å². The predicted octanol–water partition coefficient (Wildman–Crippen LogP) is -2.85. The third-order valence-electron chi connectivity index (χ3n) is 7.06. The smallest absolute Gasteiger partial charge is 1.00 e. The van der Waals surface area contributed by atoms with Crippen LogP contribution in [-0.2, 0) is 20.8 Å². The molecule has 11 heteroatoms. The summed E-state index contributed by atoms with van der Waals surface area (Å²) in [6.45, 7) is 0. The summed E-state index contributed by atoms with van der Waals surface area (Å²) in [5.41, 5.74) is 3.15. The van der Waals surface area contributed by atoms with Crippen LogP contribution in [0.2, 0.25) is 0 Å². The quantitative estimate of drug-likeness (QED) is 0.279. The summed E-state index contributed by atoms with van der Waals surface area (Å²) in [6, 6.07) is 2.01. The van der Waals surface area contributed by atoms with Crippen molar-refractivity contribution in [2.75, 3.05) is 33.1 Å². The molecule has 1 saturated carbocycles. The number of carbonyl (C=O) groups excluding carboxylic acids is 3. The number of hydrogen-bond donors (Lipinski definition) is 5. The number of benzene rings is 1. The van der Waals surface area contributed by atoms with Crippen molar-refractivity contribution in [3.05, 3.63) is 40.2 Å². The zero-order chi connectivity index (χ0) is 24.6. The minimum Gasteiger partial charge on any atom is -1.00 e. The van der Waals surface area contributed by atoms with Crippen molar-refractivity contribution < 1.29 is 48.6 Å². The molecule has 1 aromatic carbocycles. The Morgan fingerprint density at radius 3 is 2.29 bits per heavy atom. The molecule has 34 heavy (non-hydrogen) atoms. The van der Waals surface area contributed by atoms with Crippen molar-refractivity contribution in [3.8, 4) is 5.75 Å². The minimum absolute atomic E-state index is 0. The Morgan fingerprint density at radius 1 is 1.15 bits per heavy atom. The van der Waals surface area contributed by atoms with Gasteiger partial charge in [-0.05, 0) is 50.6 Å². The molecular formula is C23H28ClN3O7. The number of aliphatic hydroxyl groups is 3. The molecule has 0 radical (unpaired) electrons. The summed E-state index contributed by atoms with van der Waals surface area (Å²) < 4.78 is 0. The van der Waals surface area contributed by atoms with E-state index in [1.54, 1.807) is 20.2 Å². The van der Waals surface area contributed by atoms with E-state index in [-0.39, 0.29) is 43.6 Å². The van der Waals surface area contributed by atoms with Crippen LogP contribution in [0.1, 0.15) is 19.0 Å². The molecule has 0 saturated heterocycles. The fourth-order valence-corrected chi connectivity index (χ4v) is 5.65. The van der Waals surface area contributed by atoms with Gasteiger partial charge in [-0.3, -0.25) is 19.3 Å². The summed E-state index contributed by atoms with van der Waals surface area (Å²) in [4.78, 5) is 42.0. The van der Waals surface area contributed by atoms with Gasteiger partial charge in [0.2, 0.25) is 5.78 Å². The van der Waals surface area contributed by atoms with Gasteiger partial charge in [0.05, 0.1) is 11.6 Å². The highest BCUT2D eigenvalue weighted by Gasteiger charge is 2.64. The number of aliphatic hydroxyl groups excluding tert-OH is 2. The number of hydrogen-bond acceptors (Lipinski definition) is 9. The monoisotopic (exact) mass is 493 g/mol. The fraction of sp³-hybridized carbons (Fsp3) is 0.435. The summed E-state index contributed by atoms with van der Waals surface area (Å²) in [5, 5.41) is 43.9. The van der Waals surface area contributed by atoms with E-state index in [1.807, 2.05) is 19.0 Å². The van der Waals surface area contributed by atoms with Crippen molar-refractivity contribution in [1.82, 2.24) is 4.90 Å². The van der Waals surface area contributed by atoms with Crippen molar-refractivity contribution >= 4 is 28.9 Å². The number of phenols is 1. The van der Waals surface area contributed by atoms with Crippen LogP contribution in [0, 0.1) is 11.8 Å². The largest absolute Gasteiger partial charge is 1.00 e. The molecule has 0 bridgehead atoms. The van der Waals surface area contributed by atoms with E-state index in [0.29, 0.717) is 5.56 Å². The van der Waals surface area contributed by atoms with E-state index in [9.17, 15) is 34.8 Å². The number of primary amides is 1. The lowest BCUT2D eigenvalue weighted by Gasteiger charge is -2.50. The zero-order valence-corrected chi connectivity index (χ0v) is 19.9. The molecule has 4 rings (SSSR count). The van der Waals surface area contributed by atoms with Gasteiger partial charge in [0, 0.05) is 31.3 Å². The molecule has 1 amide bonds. The van der Waals surface area contributed by atoms with Crippen LogP contribution in [0.3, 0.4) is 0 Å². The molecule has 4 unspecified atom stereocenters. The number of rotatable bonds is 3. The maximum absolute atomic E-state index is 13.7. The van der Waals surface area contributed by atoms with E-state index >= 15 is 0 Å². The summed E-state index contributed by atoms with van der Waals surface area (Å²) in [5.74, 6) is -6.54. The standard InChI is InChI=1S/C23H27N3O7.ClH/c1-25(2)12-5-6-13(27)15-10(12)7-9-8-11-17(26(3)4)19(29)16(22(24)32)21(31)23(11,33)20(30)14(9)18(15)28;/h5-6,9,11,17,27-28,31,33H,7-8H2,1-4H3,(H2,24,32);1H. The SMILES string of the molecule is CN(C)c1ccc(O)c2c1CC1CC3C(N(C)C)C(=O)C(C(N)=O)=C(O)C3(O)C(=O)C1=C2O.[Cl-].[H+]. The Hall–Kier alpha value is -3.08. The molecule has 3 aliphatic carbocycles. The molecule has 4 atom stereocenters. The third-order valence-corrected chi connectivity index (χ3v) is 7.06. The molecule has 1 aromatic rings. The molecule has 6 N–H and O–H groups in total. The van der Waals surface area contributed by atoms with Crippen molar-refractivity contribution in [3.63, 3.8) is 0 Å². The number of anilines is 1. The first-order valence-corrected chi connectivity index (χ1v) is 10.5. The lowest BCUT2D eigenvalue weighted by molar-refractivity contribution is -0.153. The first-order chi connectivity index (χ1) is 15.3. The Balaban J connectivity index is 0.00000216. The normalized spacial score (nSPS) is 28.2. The van der Waals surface area contributed by atoms with Gasteiger partial charge >= 0.3 is 1.43 Å². The maximum atomic E-state index is 13.7. The highest BCUT2D eigenvalue weighted by Crippen LogP contribution is 2.53. The summed E-state index contributed by atoms with van der Waals surface area (Å²) >= 11 is 0. The molecule has 3 aliphatic rings. The highest BCUT2D eigenvalue weighted by molar-refractivity contribution is 6.24.